The van der Waals surface area contributed by atoms with E-state index in [0.29, 0.717) is 0 Å². The highest BCUT2D eigenvalue weighted by Gasteiger charge is 2.25. The SMILES string of the molecule is c1ccc(-c2ccc(N(c3cccc4c3ccc3ccccc34)c3ccc(-c4ccccc4)c4oc5ccccc5c34)c(-c3ccccc3)c2)cc1. The average molecular weight is 664 g/mol. The van der Waals surface area contributed by atoms with E-state index in [2.05, 4.69) is 205 Å². The zero-order chi connectivity index (χ0) is 34.4. The van der Waals surface area contributed by atoms with Crippen LogP contribution in [0.4, 0.5) is 17.1 Å². The molecule has 1 heterocycles. The molecule has 0 spiro atoms. The van der Waals surface area contributed by atoms with Gasteiger partial charge < -0.3 is 9.32 Å². The molecule has 0 unspecified atom stereocenters. The molecule has 0 fully saturated rings. The molecular weight excluding hydrogens is 631 g/mol. The summed E-state index contributed by atoms with van der Waals surface area (Å²) >= 11 is 0. The molecule has 0 radical (unpaired) electrons. The lowest BCUT2D eigenvalue weighted by Crippen LogP contribution is -2.12. The molecule has 2 heteroatoms. The maximum absolute atomic E-state index is 6.81. The smallest absolute Gasteiger partial charge is 0.145 e. The van der Waals surface area contributed by atoms with Crippen molar-refractivity contribution in [2.45, 2.75) is 0 Å². The van der Waals surface area contributed by atoms with Crippen LogP contribution in [0.3, 0.4) is 0 Å². The minimum atomic E-state index is 0.869. The molecule has 0 atom stereocenters. The molecular formula is C50H33NO. The molecule has 10 rings (SSSR count). The molecule has 0 aliphatic carbocycles. The minimum absolute atomic E-state index is 0.869. The quantitative estimate of drug-likeness (QED) is 0.165. The van der Waals surface area contributed by atoms with Crippen LogP contribution in [0.1, 0.15) is 0 Å². The summed E-state index contributed by atoms with van der Waals surface area (Å²) < 4.78 is 6.81. The highest BCUT2D eigenvalue weighted by Crippen LogP contribution is 2.50. The molecule has 0 bridgehead atoms. The van der Waals surface area contributed by atoms with E-state index in [1.165, 1.54) is 32.7 Å². The molecule has 244 valence electrons. The van der Waals surface area contributed by atoms with Crippen molar-refractivity contribution in [2.75, 3.05) is 4.90 Å². The zero-order valence-corrected chi connectivity index (χ0v) is 28.4. The number of nitrogens with zero attached hydrogens (tertiary/aromatic N) is 1. The summed E-state index contributed by atoms with van der Waals surface area (Å²) in [6, 6.07) is 71.7. The molecule has 52 heavy (non-hydrogen) atoms. The summed E-state index contributed by atoms with van der Waals surface area (Å²) in [6.45, 7) is 0. The lowest BCUT2D eigenvalue weighted by atomic mass is 9.94. The van der Waals surface area contributed by atoms with E-state index >= 15 is 0 Å². The Kier molecular flexibility index (Phi) is 7.18. The predicted octanol–water partition coefficient (Wildman–Crippen LogP) is 14.4. The van der Waals surface area contributed by atoms with Crippen LogP contribution < -0.4 is 4.90 Å². The van der Waals surface area contributed by atoms with Gasteiger partial charge in [-0.25, -0.2) is 0 Å². The monoisotopic (exact) mass is 663 g/mol. The van der Waals surface area contributed by atoms with Crippen LogP contribution in [-0.2, 0) is 0 Å². The Morgan fingerprint density at radius 3 is 1.71 bits per heavy atom. The molecule has 0 N–H and O–H groups in total. The van der Waals surface area contributed by atoms with E-state index in [1.807, 2.05) is 0 Å². The van der Waals surface area contributed by atoms with Gasteiger partial charge in [0.25, 0.3) is 0 Å². The van der Waals surface area contributed by atoms with Gasteiger partial charge in [-0.2, -0.15) is 0 Å². The van der Waals surface area contributed by atoms with E-state index in [1.54, 1.807) is 0 Å². The van der Waals surface area contributed by atoms with Gasteiger partial charge in [0.15, 0.2) is 0 Å². The standard InChI is InChI=1S/C50H33NO/c1-4-15-34(16-5-1)38-28-31-46(44(33-38)36-19-8-3-9-20-36)51(45-25-14-24-41-39-22-11-10-21-37(39)27-29-42(41)45)47-32-30-40(35-17-6-2-7-18-35)50-49(47)43-23-12-13-26-48(43)52-50/h1-33H. The minimum Gasteiger partial charge on any atom is -0.455 e. The number of anilines is 3. The van der Waals surface area contributed by atoms with Gasteiger partial charge in [0.1, 0.15) is 11.2 Å². The van der Waals surface area contributed by atoms with Crippen molar-refractivity contribution in [3.05, 3.63) is 200 Å². The van der Waals surface area contributed by atoms with Crippen LogP contribution in [0.15, 0.2) is 205 Å². The van der Waals surface area contributed by atoms with Crippen LogP contribution in [0.5, 0.6) is 0 Å². The van der Waals surface area contributed by atoms with Gasteiger partial charge >= 0.3 is 0 Å². The summed E-state index contributed by atoms with van der Waals surface area (Å²) in [5, 5.41) is 7.04. The molecule has 0 saturated heterocycles. The Labute approximate surface area is 302 Å². The Morgan fingerprint density at radius 1 is 0.327 bits per heavy atom. The van der Waals surface area contributed by atoms with E-state index in [9.17, 15) is 0 Å². The van der Waals surface area contributed by atoms with Gasteiger partial charge in [0.05, 0.1) is 22.4 Å². The summed E-state index contributed by atoms with van der Waals surface area (Å²) in [6.07, 6.45) is 0. The van der Waals surface area contributed by atoms with Gasteiger partial charge in [-0.15, -0.1) is 0 Å². The number of fused-ring (bicyclic) bond motifs is 6. The van der Waals surface area contributed by atoms with Crippen molar-refractivity contribution < 1.29 is 4.42 Å². The molecule has 0 aliphatic heterocycles. The first-order valence-electron chi connectivity index (χ1n) is 17.8. The fraction of sp³-hybridized carbons (Fsp3) is 0. The van der Waals surface area contributed by atoms with Gasteiger partial charge in [-0.05, 0) is 74.8 Å². The first kappa shape index (κ1) is 30.0. The number of benzene rings is 9. The van der Waals surface area contributed by atoms with Crippen molar-refractivity contribution >= 4 is 60.5 Å². The molecule has 1 aromatic heterocycles. The Hall–Kier alpha value is -6.90. The third kappa shape index (κ3) is 4.96. The lowest BCUT2D eigenvalue weighted by molar-refractivity contribution is 0.670. The fourth-order valence-electron chi connectivity index (χ4n) is 7.84. The summed E-state index contributed by atoms with van der Waals surface area (Å²) in [4.78, 5) is 2.47. The maximum Gasteiger partial charge on any atom is 0.145 e. The van der Waals surface area contributed by atoms with E-state index in [4.69, 9.17) is 4.42 Å². The van der Waals surface area contributed by atoms with Gasteiger partial charge in [0.2, 0.25) is 0 Å². The molecule has 0 amide bonds. The Balaban J connectivity index is 1.34. The third-order valence-corrected chi connectivity index (χ3v) is 10.3. The second-order valence-corrected chi connectivity index (χ2v) is 13.3. The largest absolute Gasteiger partial charge is 0.455 e. The molecule has 0 saturated carbocycles. The highest BCUT2D eigenvalue weighted by atomic mass is 16.3. The van der Waals surface area contributed by atoms with Crippen LogP contribution in [0.25, 0.3) is 76.9 Å². The van der Waals surface area contributed by atoms with Crippen LogP contribution in [0.2, 0.25) is 0 Å². The van der Waals surface area contributed by atoms with Crippen LogP contribution in [0, 0.1) is 0 Å². The predicted molar refractivity (Wildman–Crippen MR) is 220 cm³/mol. The van der Waals surface area contributed by atoms with E-state index in [-0.39, 0.29) is 0 Å². The number of furan rings is 1. The topological polar surface area (TPSA) is 16.4 Å². The Bertz CT molecular complexity index is 2890. The number of rotatable bonds is 6. The van der Waals surface area contributed by atoms with Crippen molar-refractivity contribution in [3.8, 4) is 33.4 Å². The number of para-hydroxylation sites is 1. The number of hydrogen-bond donors (Lipinski definition) is 0. The second-order valence-electron chi connectivity index (χ2n) is 13.3. The second kappa shape index (κ2) is 12.5. The average Bonchev–Trinajstić information content (AvgIpc) is 3.62. The summed E-state index contributed by atoms with van der Waals surface area (Å²) in [5.41, 5.74) is 11.8. The first-order valence-corrected chi connectivity index (χ1v) is 17.8. The molecule has 9 aromatic carbocycles. The zero-order valence-electron chi connectivity index (χ0n) is 28.4. The molecule has 10 aromatic rings. The van der Waals surface area contributed by atoms with Gasteiger partial charge in [0, 0.05) is 21.9 Å². The molecule has 0 aliphatic rings. The summed E-state index contributed by atoms with van der Waals surface area (Å²) in [7, 11) is 0. The summed E-state index contributed by atoms with van der Waals surface area (Å²) in [5.74, 6) is 0. The third-order valence-electron chi connectivity index (χ3n) is 10.3. The maximum atomic E-state index is 6.81. The lowest BCUT2D eigenvalue weighted by Gasteiger charge is -2.30. The van der Waals surface area contributed by atoms with E-state index < -0.39 is 0 Å². The van der Waals surface area contributed by atoms with Crippen molar-refractivity contribution in [1.29, 1.82) is 0 Å². The Morgan fingerprint density at radius 2 is 0.942 bits per heavy atom. The van der Waals surface area contributed by atoms with Crippen molar-refractivity contribution in [2.24, 2.45) is 0 Å². The number of hydrogen-bond acceptors (Lipinski definition) is 2. The van der Waals surface area contributed by atoms with Gasteiger partial charge in [-0.1, -0.05) is 164 Å². The van der Waals surface area contributed by atoms with Crippen LogP contribution in [-0.4, -0.2) is 0 Å². The first-order chi connectivity index (χ1) is 25.8. The van der Waals surface area contributed by atoms with Gasteiger partial charge in [-0.3, -0.25) is 0 Å². The van der Waals surface area contributed by atoms with Crippen LogP contribution >= 0.6 is 0 Å². The normalized spacial score (nSPS) is 11.5. The van der Waals surface area contributed by atoms with E-state index in [0.717, 1.165) is 61.3 Å². The van der Waals surface area contributed by atoms with Crippen molar-refractivity contribution in [1.82, 2.24) is 0 Å². The highest BCUT2D eigenvalue weighted by molar-refractivity contribution is 6.19. The fourth-order valence-corrected chi connectivity index (χ4v) is 7.84. The molecule has 2 nitrogen and oxygen atoms in total. The van der Waals surface area contributed by atoms with Crippen molar-refractivity contribution in [3.63, 3.8) is 0 Å².